The fraction of sp³-hybridized carbons (Fsp3) is 0.643. The average molecular weight is 522 g/mol. The lowest BCUT2D eigenvalue weighted by Crippen LogP contribution is -2.38. The number of nitrogens with zero attached hydrogens (tertiary/aromatic N) is 5. The van der Waals surface area contributed by atoms with Gasteiger partial charge >= 0.3 is 0 Å². The zero-order valence-electron chi connectivity index (χ0n) is 22.5. The summed E-state index contributed by atoms with van der Waals surface area (Å²) in [6, 6.07) is 4.17. The maximum Gasteiger partial charge on any atom is 0.279 e. The van der Waals surface area contributed by atoms with Crippen LogP contribution in [-0.4, -0.2) is 77.5 Å². The standard InChI is InChI=1S/C28H39N7O3/c1-27(2,18-36)33-22-17-29-24(25(31-22)35-9-7-28(5-6-28)8-10-35)26(37)32-21-15-20(19-3-4-19)16-23(30-21)34-11-13-38-14-12-34/h15-17,19,36H,3-14,18H2,1-2H3,(H,31,33)(H,30,32,37). The molecule has 2 aromatic heterocycles. The van der Waals surface area contributed by atoms with Crippen molar-refractivity contribution in [3.8, 4) is 0 Å². The smallest absolute Gasteiger partial charge is 0.279 e. The van der Waals surface area contributed by atoms with E-state index in [1.807, 2.05) is 19.9 Å². The second-order valence-electron chi connectivity index (χ2n) is 12.1. The lowest BCUT2D eigenvalue weighted by molar-refractivity contribution is 0.102. The number of hydrogen-bond acceptors (Lipinski definition) is 9. The van der Waals surface area contributed by atoms with Crippen molar-refractivity contribution in [1.29, 1.82) is 0 Å². The Balaban J connectivity index is 1.28. The topological polar surface area (TPSA) is 116 Å². The molecule has 0 aromatic carbocycles. The number of nitrogens with one attached hydrogen (secondary N) is 2. The maximum absolute atomic E-state index is 13.7. The third-order valence-corrected chi connectivity index (χ3v) is 8.37. The van der Waals surface area contributed by atoms with Crippen molar-refractivity contribution >= 4 is 29.2 Å². The highest BCUT2D eigenvalue weighted by Crippen LogP contribution is 2.54. The van der Waals surface area contributed by atoms with Crippen LogP contribution in [0, 0.1) is 5.41 Å². The van der Waals surface area contributed by atoms with Crippen LogP contribution < -0.4 is 20.4 Å². The van der Waals surface area contributed by atoms with Crippen LogP contribution in [0.25, 0.3) is 0 Å². The number of anilines is 4. The summed E-state index contributed by atoms with van der Waals surface area (Å²) < 4.78 is 5.52. The van der Waals surface area contributed by atoms with E-state index in [2.05, 4.69) is 31.5 Å². The molecule has 0 bridgehead atoms. The summed E-state index contributed by atoms with van der Waals surface area (Å²) in [5.41, 5.74) is 1.47. The van der Waals surface area contributed by atoms with Crippen molar-refractivity contribution in [2.45, 2.75) is 63.8 Å². The van der Waals surface area contributed by atoms with Gasteiger partial charge in [0.15, 0.2) is 11.5 Å². The third-order valence-electron chi connectivity index (χ3n) is 8.37. The number of ether oxygens (including phenoxy) is 1. The van der Waals surface area contributed by atoms with Crippen LogP contribution in [0.1, 0.15) is 74.3 Å². The van der Waals surface area contributed by atoms with Gasteiger partial charge < -0.3 is 30.3 Å². The zero-order chi connectivity index (χ0) is 26.3. The molecule has 38 heavy (non-hydrogen) atoms. The molecule has 2 aliphatic carbocycles. The molecule has 204 valence electrons. The van der Waals surface area contributed by atoms with E-state index in [4.69, 9.17) is 14.7 Å². The molecule has 4 aliphatic rings. The molecule has 3 N–H and O–H groups in total. The van der Waals surface area contributed by atoms with Gasteiger partial charge in [0.1, 0.15) is 17.5 Å². The third kappa shape index (κ3) is 5.56. The van der Waals surface area contributed by atoms with Crippen LogP contribution in [-0.2, 0) is 4.74 Å². The first-order valence-corrected chi connectivity index (χ1v) is 14.0. The first-order valence-electron chi connectivity index (χ1n) is 14.0. The van der Waals surface area contributed by atoms with Crippen molar-refractivity contribution in [3.63, 3.8) is 0 Å². The summed E-state index contributed by atoms with van der Waals surface area (Å²) in [7, 11) is 0. The van der Waals surface area contributed by atoms with Crippen molar-refractivity contribution in [2.75, 3.05) is 66.4 Å². The molecule has 2 saturated heterocycles. The van der Waals surface area contributed by atoms with Gasteiger partial charge in [0, 0.05) is 26.2 Å². The summed E-state index contributed by atoms with van der Waals surface area (Å²) in [5.74, 6) is 2.80. The van der Waals surface area contributed by atoms with E-state index in [0.29, 0.717) is 47.7 Å². The largest absolute Gasteiger partial charge is 0.394 e. The van der Waals surface area contributed by atoms with E-state index in [-0.39, 0.29) is 12.5 Å². The molecule has 0 unspecified atom stereocenters. The van der Waals surface area contributed by atoms with Crippen LogP contribution in [0.3, 0.4) is 0 Å². The van der Waals surface area contributed by atoms with Gasteiger partial charge in [-0.2, -0.15) is 0 Å². The summed E-state index contributed by atoms with van der Waals surface area (Å²) in [4.78, 5) is 32.3. The first-order chi connectivity index (χ1) is 18.3. The summed E-state index contributed by atoms with van der Waals surface area (Å²) in [6.07, 6.45) is 8.76. The minimum Gasteiger partial charge on any atom is -0.394 e. The van der Waals surface area contributed by atoms with Crippen molar-refractivity contribution in [2.24, 2.45) is 5.41 Å². The second kappa shape index (κ2) is 9.96. The highest BCUT2D eigenvalue weighted by atomic mass is 16.5. The molecule has 4 fully saturated rings. The molecular weight excluding hydrogens is 482 g/mol. The molecule has 6 rings (SSSR count). The number of hydrogen-bond donors (Lipinski definition) is 3. The van der Waals surface area contributed by atoms with Crippen LogP contribution in [0.2, 0.25) is 0 Å². The zero-order valence-corrected chi connectivity index (χ0v) is 22.5. The van der Waals surface area contributed by atoms with Gasteiger partial charge in [-0.25, -0.2) is 15.0 Å². The van der Waals surface area contributed by atoms with Crippen molar-refractivity contribution < 1.29 is 14.6 Å². The van der Waals surface area contributed by atoms with E-state index < -0.39 is 5.54 Å². The summed E-state index contributed by atoms with van der Waals surface area (Å²) >= 11 is 0. The van der Waals surface area contributed by atoms with Gasteiger partial charge in [0.25, 0.3) is 5.91 Å². The predicted molar refractivity (Wildman–Crippen MR) is 147 cm³/mol. The van der Waals surface area contributed by atoms with Gasteiger partial charge in [0.05, 0.1) is 31.6 Å². The Morgan fingerprint density at radius 1 is 1.05 bits per heavy atom. The molecule has 10 nitrogen and oxygen atoms in total. The fourth-order valence-corrected chi connectivity index (χ4v) is 5.46. The number of carbonyl (C=O) groups is 1. The predicted octanol–water partition coefficient (Wildman–Crippen LogP) is 3.40. The molecule has 2 aromatic rings. The molecule has 1 spiro atoms. The molecular formula is C28H39N7O3. The van der Waals surface area contributed by atoms with Gasteiger partial charge in [-0.1, -0.05) is 0 Å². The van der Waals surface area contributed by atoms with E-state index >= 15 is 0 Å². The number of aromatic nitrogens is 3. The first kappa shape index (κ1) is 25.3. The van der Waals surface area contributed by atoms with Gasteiger partial charge in [-0.3, -0.25) is 4.79 Å². The Bertz CT molecular complexity index is 1180. The van der Waals surface area contributed by atoms with Gasteiger partial charge in [-0.15, -0.1) is 0 Å². The molecule has 1 amide bonds. The number of pyridine rings is 1. The number of aliphatic hydroxyl groups excluding tert-OH is 1. The van der Waals surface area contributed by atoms with Crippen molar-refractivity contribution in [1.82, 2.24) is 15.0 Å². The normalized spacial score (nSPS) is 20.9. The van der Waals surface area contributed by atoms with Crippen LogP contribution in [0.4, 0.5) is 23.3 Å². The molecule has 2 aliphatic heterocycles. The van der Waals surface area contributed by atoms with Crippen molar-refractivity contribution in [3.05, 3.63) is 29.6 Å². The Labute approximate surface area is 224 Å². The lowest BCUT2D eigenvalue weighted by Gasteiger charge is -2.34. The quantitative estimate of drug-likeness (QED) is 0.481. The van der Waals surface area contributed by atoms with Crippen LogP contribution in [0.15, 0.2) is 18.3 Å². The number of amides is 1. The molecule has 0 atom stereocenters. The molecule has 2 saturated carbocycles. The Morgan fingerprint density at radius 3 is 2.45 bits per heavy atom. The monoisotopic (exact) mass is 521 g/mol. The van der Waals surface area contributed by atoms with E-state index in [0.717, 1.165) is 44.8 Å². The highest BCUT2D eigenvalue weighted by molar-refractivity contribution is 6.06. The molecule has 4 heterocycles. The maximum atomic E-state index is 13.7. The second-order valence-corrected chi connectivity index (χ2v) is 12.1. The number of morpholine rings is 1. The Morgan fingerprint density at radius 2 is 1.79 bits per heavy atom. The Kier molecular flexibility index (Phi) is 6.63. The summed E-state index contributed by atoms with van der Waals surface area (Å²) in [6.45, 7) is 8.41. The SMILES string of the molecule is CC(C)(CO)Nc1cnc(C(=O)Nc2cc(C3CC3)cc(N3CCOCC3)n2)c(N2CCC3(CC2)CC3)n1. The number of carbonyl (C=O) groups excluding carboxylic acids is 1. The minimum absolute atomic E-state index is 0.0486. The minimum atomic E-state index is -0.557. The fourth-order valence-electron chi connectivity index (χ4n) is 5.46. The van der Waals surface area contributed by atoms with Gasteiger partial charge in [0.2, 0.25) is 0 Å². The van der Waals surface area contributed by atoms with E-state index in [1.54, 1.807) is 6.20 Å². The molecule has 0 radical (unpaired) electrons. The molecule has 10 heteroatoms. The van der Waals surface area contributed by atoms with Crippen LogP contribution >= 0.6 is 0 Å². The average Bonchev–Trinajstić information content (AvgIpc) is 3.86. The summed E-state index contributed by atoms with van der Waals surface area (Å²) in [5, 5.41) is 16.0. The van der Waals surface area contributed by atoms with Crippen LogP contribution in [0.5, 0.6) is 0 Å². The van der Waals surface area contributed by atoms with E-state index in [1.165, 1.54) is 31.2 Å². The number of rotatable bonds is 8. The lowest BCUT2D eigenvalue weighted by atomic mass is 9.93. The van der Waals surface area contributed by atoms with Gasteiger partial charge in [-0.05, 0) is 81.4 Å². The Hall–Kier alpha value is -2.98. The highest BCUT2D eigenvalue weighted by Gasteiger charge is 2.45. The van der Waals surface area contributed by atoms with E-state index in [9.17, 15) is 9.90 Å². The number of aliphatic hydroxyl groups is 1. The number of piperidine rings is 1.